The van der Waals surface area contributed by atoms with Crippen molar-refractivity contribution in [1.29, 1.82) is 0 Å². The molecule has 0 aliphatic rings. The number of methoxy groups -OCH3 is 2. The van der Waals surface area contributed by atoms with Crippen LogP contribution in [-0.2, 0) is 0 Å². The van der Waals surface area contributed by atoms with Gasteiger partial charge in [0.1, 0.15) is 11.5 Å². The zero-order valence-electron chi connectivity index (χ0n) is 9.92. The SMILES string of the molecule is CCCC(N)c1cc(Br)c(OC)cc1OC. The minimum atomic E-state index is 0.00200. The van der Waals surface area contributed by atoms with E-state index in [2.05, 4.69) is 22.9 Å². The maximum absolute atomic E-state index is 6.10. The van der Waals surface area contributed by atoms with E-state index in [-0.39, 0.29) is 6.04 Å². The molecule has 0 aliphatic carbocycles. The molecule has 0 saturated heterocycles. The first-order valence-corrected chi connectivity index (χ1v) is 6.10. The Morgan fingerprint density at radius 2 is 1.88 bits per heavy atom. The zero-order valence-corrected chi connectivity index (χ0v) is 11.5. The first-order chi connectivity index (χ1) is 7.63. The maximum atomic E-state index is 6.10. The van der Waals surface area contributed by atoms with Crippen LogP contribution in [-0.4, -0.2) is 14.2 Å². The average molecular weight is 288 g/mol. The van der Waals surface area contributed by atoms with Crippen molar-refractivity contribution in [1.82, 2.24) is 0 Å². The molecule has 0 radical (unpaired) electrons. The largest absolute Gasteiger partial charge is 0.496 e. The smallest absolute Gasteiger partial charge is 0.136 e. The van der Waals surface area contributed by atoms with Gasteiger partial charge in [0, 0.05) is 17.7 Å². The molecule has 1 atom stereocenters. The van der Waals surface area contributed by atoms with Gasteiger partial charge in [0.25, 0.3) is 0 Å². The third-order valence-electron chi connectivity index (χ3n) is 2.50. The van der Waals surface area contributed by atoms with Crippen LogP contribution in [0.15, 0.2) is 16.6 Å². The molecule has 0 spiro atoms. The molecule has 90 valence electrons. The highest BCUT2D eigenvalue weighted by atomic mass is 79.9. The topological polar surface area (TPSA) is 44.5 Å². The minimum Gasteiger partial charge on any atom is -0.496 e. The number of hydrogen-bond donors (Lipinski definition) is 1. The molecule has 1 unspecified atom stereocenters. The van der Waals surface area contributed by atoms with E-state index in [9.17, 15) is 0 Å². The second-order valence-corrected chi connectivity index (χ2v) is 4.48. The van der Waals surface area contributed by atoms with E-state index in [0.29, 0.717) is 0 Å². The molecule has 0 heterocycles. The van der Waals surface area contributed by atoms with Gasteiger partial charge in [0.05, 0.1) is 18.7 Å². The Labute approximate surface area is 105 Å². The number of ether oxygens (including phenoxy) is 2. The van der Waals surface area contributed by atoms with Crippen LogP contribution < -0.4 is 15.2 Å². The van der Waals surface area contributed by atoms with Crippen molar-refractivity contribution in [3.05, 3.63) is 22.2 Å². The molecule has 1 aromatic carbocycles. The van der Waals surface area contributed by atoms with Crippen LogP contribution in [0, 0.1) is 0 Å². The highest BCUT2D eigenvalue weighted by molar-refractivity contribution is 9.10. The van der Waals surface area contributed by atoms with E-state index in [0.717, 1.165) is 34.4 Å². The van der Waals surface area contributed by atoms with Crippen molar-refractivity contribution in [3.8, 4) is 11.5 Å². The lowest BCUT2D eigenvalue weighted by atomic mass is 10.0. The summed E-state index contributed by atoms with van der Waals surface area (Å²) in [5.41, 5.74) is 7.11. The second-order valence-electron chi connectivity index (χ2n) is 3.62. The molecular weight excluding hydrogens is 270 g/mol. The summed E-state index contributed by atoms with van der Waals surface area (Å²) < 4.78 is 11.4. The molecule has 1 aromatic rings. The van der Waals surface area contributed by atoms with Gasteiger partial charge in [-0.15, -0.1) is 0 Å². The quantitative estimate of drug-likeness (QED) is 0.904. The average Bonchev–Trinajstić information content (AvgIpc) is 2.29. The molecule has 0 fully saturated rings. The molecule has 2 N–H and O–H groups in total. The molecule has 0 saturated carbocycles. The number of hydrogen-bond acceptors (Lipinski definition) is 3. The third-order valence-corrected chi connectivity index (χ3v) is 3.12. The normalized spacial score (nSPS) is 12.3. The van der Waals surface area contributed by atoms with E-state index in [1.165, 1.54) is 0 Å². The maximum Gasteiger partial charge on any atom is 0.136 e. The lowest BCUT2D eigenvalue weighted by Gasteiger charge is -2.17. The van der Waals surface area contributed by atoms with Crippen molar-refractivity contribution < 1.29 is 9.47 Å². The second kappa shape index (κ2) is 6.11. The summed E-state index contributed by atoms with van der Waals surface area (Å²) in [5.74, 6) is 1.53. The van der Waals surface area contributed by atoms with Gasteiger partial charge in [0.2, 0.25) is 0 Å². The molecule has 4 heteroatoms. The fraction of sp³-hybridized carbons (Fsp3) is 0.500. The Morgan fingerprint density at radius 1 is 1.25 bits per heavy atom. The van der Waals surface area contributed by atoms with Crippen LogP contribution in [0.25, 0.3) is 0 Å². The van der Waals surface area contributed by atoms with E-state index in [1.807, 2.05) is 12.1 Å². The number of halogens is 1. The molecule has 16 heavy (non-hydrogen) atoms. The van der Waals surface area contributed by atoms with E-state index in [4.69, 9.17) is 15.2 Å². The molecule has 1 rings (SSSR count). The van der Waals surface area contributed by atoms with Crippen molar-refractivity contribution >= 4 is 15.9 Å². The summed E-state index contributed by atoms with van der Waals surface area (Å²) in [6.07, 6.45) is 1.99. The summed E-state index contributed by atoms with van der Waals surface area (Å²) in [7, 11) is 3.27. The molecule has 0 amide bonds. The molecular formula is C12H18BrNO2. The van der Waals surface area contributed by atoms with Crippen LogP contribution in [0.3, 0.4) is 0 Å². The van der Waals surface area contributed by atoms with Crippen molar-refractivity contribution in [3.63, 3.8) is 0 Å². The van der Waals surface area contributed by atoms with Crippen molar-refractivity contribution in [2.75, 3.05) is 14.2 Å². The lowest BCUT2D eigenvalue weighted by molar-refractivity contribution is 0.386. The summed E-state index contributed by atoms with van der Waals surface area (Å²) in [6.45, 7) is 2.12. The van der Waals surface area contributed by atoms with Crippen molar-refractivity contribution in [2.24, 2.45) is 5.73 Å². The molecule has 0 aliphatic heterocycles. The first-order valence-electron chi connectivity index (χ1n) is 5.31. The van der Waals surface area contributed by atoms with Crippen LogP contribution >= 0.6 is 15.9 Å². The standard InChI is InChI=1S/C12H18BrNO2/c1-4-5-10(14)8-6-9(13)12(16-3)7-11(8)15-2/h6-7,10H,4-5,14H2,1-3H3. The van der Waals surface area contributed by atoms with Gasteiger partial charge in [-0.1, -0.05) is 13.3 Å². The number of nitrogens with two attached hydrogens (primary N) is 1. The minimum absolute atomic E-state index is 0.00200. The summed E-state index contributed by atoms with van der Waals surface area (Å²) in [4.78, 5) is 0. The van der Waals surface area contributed by atoms with E-state index in [1.54, 1.807) is 14.2 Å². The first kappa shape index (κ1) is 13.3. The van der Waals surface area contributed by atoms with Gasteiger partial charge in [-0.3, -0.25) is 0 Å². The predicted molar refractivity (Wildman–Crippen MR) is 69.1 cm³/mol. The third kappa shape index (κ3) is 2.89. The molecule has 0 aromatic heterocycles. The lowest BCUT2D eigenvalue weighted by Crippen LogP contribution is -2.11. The molecule has 3 nitrogen and oxygen atoms in total. The summed E-state index contributed by atoms with van der Waals surface area (Å²) >= 11 is 3.45. The van der Waals surface area contributed by atoms with Gasteiger partial charge < -0.3 is 15.2 Å². The molecule has 0 bridgehead atoms. The Bertz CT molecular complexity index is 355. The fourth-order valence-electron chi connectivity index (χ4n) is 1.64. The number of benzene rings is 1. The van der Waals surface area contributed by atoms with Gasteiger partial charge in [-0.05, 0) is 28.4 Å². The Kier molecular flexibility index (Phi) is 5.09. The summed E-state index contributed by atoms with van der Waals surface area (Å²) in [6, 6.07) is 3.83. The Morgan fingerprint density at radius 3 is 2.38 bits per heavy atom. The van der Waals surface area contributed by atoms with Crippen LogP contribution in [0.1, 0.15) is 31.4 Å². The zero-order chi connectivity index (χ0) is 12.1. The van der Waals surface area contributed by atoms with Gasteiger partial charge in [-0.25, -0.2) is 0 Å². The van der Waals surface area contributed by atoms with E-state index >= 15 is 0 Å². The fourth-order valence-corrected chi connectivity index (χ4v) is 2.16. The summed E-state index contributed by atoms with van der Waals surface area (Å²) in [5, 5.41) is 0. The monoisotopic (exact) mass is 287 g/mol. The van der Waals surface area contributed by atoms with Crippen LogP contribution in [0.5, 0.6) is 11.5 Å². The highest BCUT2D eigenvalue weighted by Gasteiger charge is 2.14. The van der Waals surface area contributed by atoms with E-state index < -0.39 is 0 Å². The highest BCUT2D eigenvalue weighted by Crippen LogP contribution is 2.36. The van der Waals surface area contributed by atoms with Gasteiger partial charge >= 0.3 is 0 Å². The predicted octanol–water partition coefficient (Wildman–Crippen LogP) is 3.27. The Hall–Kier alpha value is -0.740. The van der Waals surface area contributed by atoms with Crippen LogP contribution in [0.4, 0.5) is 0 Å². The number of rotatable bonds is 5. The van der Waals surface area contributed by atoms with Crippen molar-refractivity contribution in [2.45, 2.75) is 25.8 Å². The van der Waals surface area contributed by atoms with Gasteiger partial charge in [-0.2, -0.15) is 0 Å². The Balaban J connectivity index is 3.12. The van der Waals surface area contributed by atoms with Crippen LogP contribution in [0.2, 0.25) is 0 Å². The van der Waals surface area contributed by atoms with Gasteiger partial charge in [0.15, 0.2) is 0 Å².